The lowest BCUT2D eigenvalue weighted by atomic mass is 10.0. The summed E-state index contributed by atoms with van der Waals surface area (Å²) < 4.78 is 0. The summed E-state index contributed by atoms with van der Waals surface area (Å²) in [5.41, 5.74) is 0. The summed E-state index contributed by atoms with van der Waals surface area (Å²) in [7, 11) is 0. The van der Waals surface area contributed by atoms with E-state index in [1.807, 2.05) is 27.7 Å². The van der Waals surface area contributed by atoms with Gasteiger partial charge in [0.25, 0.3) is 0 Å². The van der Waals surface area contributed by atoms with E-state index < -0.39 is 29.9 Å². The second-order valence-electron chi connectivity index (χ2n) is 6.66. The van der Waals surface area contributed by atoms with Gasteiger partial charge in [0.15, 0.2) is 0 Å². The number of ketones is 1. The number of carbonyl (C=O) groups is 4. The van der Waals surface area contributed by atoms with E-state index >= 15 is 0 Å². The molecule has 7 nitrogen and oxygen atoms in total. The number of aliphatic carboxylic acids is 1. The summed E-state index contributed by atoms with van der Waals surface area (Å²) in [6.45, 7) is 8.80. The third-order valence-corrected chi connectivity index (χ3v) is 3.09. The highest BCUT2D eigenvalue weighted by atomic mass is 16.4. The van der Waals surface area contributed by atoms with Gasteiger partial charge < -0.3 is 15.7 Å². The second-order valence-corrected chi connectivity index (χ2v) is 6.66. The van der Waals surface area contributed by atoms with Gasteiger partial charge in [-0.05, 0) is 31.6 Å². The molecule has 0 heterocycles. The minimum absolute atomic E-state index is 0.104. The van der Waals surface area contributed by atoms with Gasteiger partial charge in [0.05, 0.1) is 6.42 Å². The van der Waals surface area contributed by atoms with Crippen molar-refractivity contribution in [1.82, 2.24) is 10.6 Å². The van der Waals surface area contributed by atoms with E-state index in [4.69, 9.17) is 0 Å². The average molecular weight is 328 g/mol. The predicted octanol–water partition coefficient (Wildman–Crippen LogP) is 1.11. The minimum Gasteiger partial charge on any atom is -0.480 e. The van der Waals surface area contributed by atoms with Crippen molar-refractivity contribution in [3.05, 3.63) is 0 Å². The van der Waals surface area contributed by atoms with Gasteiger partial charge >= 0.3 is 5.97 Å². The third kappa shape index (κ3) is 9.65. The van der Waals surface area contributed by atoms with Crippen LogP contribution in [0.1, 0.15) is 53.9 Å². The quantitative estimate of drug-likeness (QED) is 0.520. The lowest BCUT2D eigenvalue weighted by molar-refractivity contribution is -0.142. The number of carboxylic acid groups (broad SMARTS) is 1. The van der Waals surface area contributed by atoms with Crippen molar-refractivity contribution < 1.29 is 24.3 Å². The maximum absolute atomic E-state index is 12.3. The summed E-state index contributed by atoms with van der Waals surface area (Å²) >= 11 is 0. The maximum atomic E-state index is 12.3. The molecule has 0 spiro atoms. The minimum atomic E-state index is -1.11. The highest BCUT2D eigenvalue weighted by molar-refractivity contribution is 5.99. The Morgan fingerprint density at radius 2 is 1.35 bits per heavy atom. The van der Waals surface area contributed by atoms with Crippen LogP contribution in [-0.2, 0) is 19.2 Å². The molecule has 132 valence electrons. The molecule has 0 saturated heterocycles. The molecule has 2 unspecified atom stereocenters. The number of rotatable bonds is 10. The molecule has 23 heavy (non-hydrogen) atoms. The van der Waals surface area contributed by atoms with Crippen molar-refractivity contribution in [1.29, 1.82) is 0 Å². The van der Waals surface area contributed by atoms with E-state index in [2.05, 4.69) is 10.6 Å². The molecule has 0 aromatic rings. The smallest absolute Gasteiger partial charge is 0.326 e. The Morgan fingerprint density at radius 3 is 1.74 bits per heavy atom. The first-order valence-electron chi connectivity index (χ1n) is 7.84. The Balaban J connectivity index is 4.93. The highest BCUT2D eigenvalue weighted by Crippen LogP contribution is 2.09. The zero-order chi connectivity index (χ0) is 18.2. The van der Waals surface area contributed by atoms with Crippen molar-refractivity contribution in [2.75, 3.05) is 0 Å². The van der Waals surface area contributed by atoms with Crippen LogP contribution >= 0.6 is 0 Å². The molecule has 0 bridgehead atoms. The van der Waals surface area contributed by atoms with Crippen LogP contribution in [0.3, 0.4) is 0 Å². The molecule has 0 aliphatic heterocycles. The van der Waals surface area contributed by atoms with Gasteiger partial charge in [0.2, 0.25) is 11.8 Å². The van der Waals surface area contributed by atoms with Crippen molar-refractivity contribution in [3.8, 4) is 0 Å². The van der Waals surface area contributed by atoms with Crippen LogP contribution < -0.4 is 10.6 Å². The fourth-order valence-electron chi connectivity index (χ4n) is 2.14. The molecule has 0 aliphatic rings. The Bertz CT molecular complexity index is 446. The SMILES string of the molecule is CC(=O)CC(=O)NC(CC(C)C)C(=O)NC(CC(C)C)C(=O)O. The van der Waals surface area contributed by atoms with Crippen molar-refractivity contribution in [2.24, 2.45) is 11.8 Å². The van der Waals surface area contributed by atoms with Gasteiger partial charge in [0.1, 0.15) is 17.9 Å². The van der Waals surface area contributed by atoms with E-state index in [9.17, 15) is 24.3 Å². The molecule has 0 radical (unpaired) electrons. The van der Waals surface area contributed by atoms with Gasteiger partial charge in [-0.25, -0.2) is 4.79 Å². The summed E-state index contributed by atoms with van der Waals surface area (Å²) in [5, 5.41) is 14.2. The Labute approximate surface area is 137 Å². The highest BCUT2D eigenvalue weighted by Gasteiger charge is 2.27. The standard InChI is InChI=1S/C16H28N2O5/c1-9(2)6-12(17-14(20)8-11(5)19)15(21)18-13(16(22)23)7-10(3)4/h9-10,12-13H,6-8H2,1-5H3,(H,17,20)(H,18,21)(H,22,23). The van der Waals surface area contributed by atoms with Crippen LogP contribution in [0.25, 0.3) is 0 Å². The normalized spacial score (nSPS) is 13.5. The van der Waals surface area contributed by atoms with Gasteiger partial charge in [-0.3, -0.25) is 14.4 Å². The molecule has 0 fully saturated rings. The number of hydrogen-bond acceptors (Lipinski definition) is 4. The van der Waals surface area contributed by atoms with Gasteiger partial charge in [-0.2, -0.15) is 0 Å². The number of amides is 2. The Kier molecular flexibility index (Phi) is 9.14. The van der Waals surface area contributed by atoms with Crippen molar-refractivity contribution in [3.63, 3.8) is 0 Å². The monoisotopic (exact) mass is 328 g/mol. The topological polar surface area (TPSA) is 113 Å². The van der Waals surface area contributed by atoms with Gasteiger partial charge in [-0.1, -0.05) is 27.7 Å². The third-order valence-electron chi connectivity index (χ3n) is 3.09. The van der Waals surface area contributed by atoms with E-state index in [0.717, 1.165) is 0 Å². The van der Waals surface area contributed by atoms with E-state index in [1.165, 1.54) is 6.92 Å². The number of carboxylic acids is 1. The first kappa shape index (κ1) is 21.1. The maximum Gasteiger partial charge on any atom is 0.326 e. The molecule has 0 aromatic heterocycles. The molecule has 3 N–H and O–H groups in total. The molecule has 0 aliphatic carbocycles. The molecular formula is C16H28N2O5. The Hall–Kier alpha value is -1.92. The van der Waals surface area contributed by atoms with E-state index in [-0.39, 0.29) is 24.0 Å². The summed E-state index contributed by atoms with van der Waals surface area (Å²) in [4.78, 5) is 46.3. The summed E-state index contributed by atoms with van der Waals surface area (Å²) in [6, 6.07) is -1.85. The summed E-state index contributed by atoms with van der Waals surface area (Å²) in [5.74, 6) is -2.25. The summed E-state index contributed by atoms with van der Waals surface area (Å²) in [6.07, 6.45) is 0.372. The first-order valence-corrected chi connectivity index (χ1v) is 7.84. The zero-order valence-electron chi connectivity index (χ0n) is 14.5. The number of Topliss-reactive ketones (excluding diaryl/α,β-unsaturated/α-hetero) is 1. The molecule has 0 aromatic carbocycles. The van der Waals surface area contributed by atoms with Crippen LogP contribution in [0.5, 0.6) is 0 Å². The fourth-order valence-corrected chi connectivity index (χ4v) is 2.14. The fraction of sp³-hybridized carbons (Fsp3) is 0.750. The zero-order valence-corrected chi connectivity index (χ0v) is 14.5. The molecule has 2 atom stereocenters. The number of hydrogen-bond donors (Lipinski definition) is 3. The predicted molar refractivity (Wildman–Crippen MR) is 85.7 cm³/mol. The van der Waals surface area contributed by atoms with E-state index in [0.29, 0.717) is 12.8 Å². The second kappa shape index (κ2) is 9.97. The van der Waals surface area contributed by atoms with Crippen LogP contribution in [-0.4, -0.2) is 40.8 Å². The van der Waals surface area contributed by atoms with Crippen LogP contribution in [0.4, 0.5) is 0 Å². The molecular weight excluding hydrogens is 300 g/mol. The van der Waals surface area contributed by atoms with E-state index in [1.54, 1.807) is 0 Å². The van der Waals surface area contributed by atoms with Crippen molar-refractivity contribution in [2.45, 2.75) is 66.0 Å². The van der Waals surface area contributed by atoms with Crippen LogP contribution in [0, 0.1) is 11.8 Å². The molecule has 2 amide bonds. The number of nitrogens with one attached hydrogen (secondary N) is 2. The average Bonchev–Trinajstić information content (AvgIpc) is 2.34. The van der Waals surface area contributed by atoms with Gasteiger partial charge in [0, 0.05) is 0 Å². The van der Waals surface area contributed by atoms with Crippen LogP contribution in [0.15, 0.2) is 0 Å². The first-order chi connectivity index (χ1) is 10.5. The van der Waals surface area contributed by atoms with Crippen LogP contribution in [0.2, 0.25) is 0 Å². The number of carbonyl (C=O) groups excluding carboxylic acids is 3. The molecule has 0 rings (SSSR count). The largest absolute Gasteiger partial charge is 0.480 e. The Morgan fingerprint density at radius 1 is 0.870 bits per heavy atom. The van der Waals surface area contributed by atoms with Gasteiger partial charge in [-0.15, -0.1) is 0 Å². The molecule has 0 saturated carbocycles. The van der Waals surface area contributed by atoms with Crippen molar-refractivity contribution >= 4 is 23.6 Å². The lowest BCUT2D eigenvalue weighted by Crippen LogP contribution is -2.52. The molecule has 7 heteroatoms. The lowest BCUT2D eigenvalue weighted by Gasteiger charge is -2.23.